The third-order valence-corrected chi connectivity index (χ3v) is 5.79. The van der Waals surface area contributed by atoms with Crippen LogP contribution in [-0.4, -0.2) is 43.1 Å². The van der Waals surface area contributed by atoms with Crippen molar-refractivity contribution in [2.45, 2.75) is 6.92 Å². The van der Waals surface area contributed by atoms with Crippen LogP contribution < -0.4 is 15.8 Å². The van der Waals surface area contributed by atoms with Gasteiger partial charge in [0.05, 0.1) is 13.2 Å². The lowest BCUT2D eigenvalue weighted by molar-refractivity contribution is 0.0829. The molecule has 0 bridgehead atoms. The van der Waals surface area contributed by atoms with Crippen LogP contribution in [0.15, 0.2) is 32.5 Å². The maximum absolute atomic E-state index is 12.4. The molecule has 1 aliphatic heterocycles. The van der Waals surface area contributed by atoms with E-state index >= 15 is 0 Å². The molecule has 0 spiro atoms. The molecule has 3 heterocycles. The number of carbonyl (C=O) groups is 2. The van der Waals surface area contributed by atoms with Crippen LogP contribution in [0.3, 0.4) is 0 Å². The number of rotatable bonds is 3. The number of hydrogen-bond acceptors (Lipinski definition) is 7. The molecular weight excluding hydrogens is 448 g/mol. The van der Waals surface area contributed by atoms with E-state index in [0.717, 1.165) is 28.1 Å². The van der Waals surface area contributed by atoms with E-state index in [1.165, 1.54) is 11.3 Å². The smallest absolute Gasteiger partial charge is 0.305 e. The molecule has 2 N–H and O–H groups in total. The van der Waals surface area contributed by atoms with Crippen LogP contribution in [0, 0.1) is 6.92 Å². The molecule has 3 aromatic rings. The highest BCUT2D eigenvalue weighted by Crippen LogP contribution is 2.28. The van der Waals surface area contributed by atoms with Crippen molar-refractivity contribution in [3.8, 4) is 0 Å². The number of amides is 2. The number of halogens is 1. The maximum Gasteiger partial charge on any atom is 0.305 e. The van der Waals surface area contributed by atoms with Gasteiger partial charge in [0.25, 0.3) is 5.91 Å². The number of aryl methyl sites for hydroxylation is 1. The Kier molecular flexibility index (Phi) is 5.33. The minimum absolute atomic E-state index is 0.153. The first kappa shape index (κ1) is 18.9. The second-order valence-corrected chi connectivity index (χ2v) is 7.97. The maximum atomic E-state index is 12.4. The standard InChI is InChI=1S/C18H17BrN4O4S/c1-10-12-8-11(19)2-3-14(12)27-15(10)17(25)22-21-16(24)13-9-28-18(20-13)23-4-6-26-7-5-23/h2-3,8-9H,4-7H2,1H3,(H,21,24)(H,22,25). The first-order valence-electron chi connectivity index (χ1n) is 8.60. The van der Waals surface area contributed by atoms with E-state index in [0.29, 0.717) is 24.4 Å². The van der Waals surface area contributed by atoms with Crippen molar-refractivity contribution in [2.24, 2.45) is 0 Å². The second kappa shape index (κ2) is 7.90. The molecule has 0 radical (unpaired) electrons. The summed E-state index contributed by atoms with van der Waals surface area (Å²) < 4.78 is 11.8. The lowest BCUT2D eigenvalue weighted by atomic mass is 10.1. The molecule has 1 aliphatic rings. The van der Waals surface area contributed by atoms with Gasteiger partial charge >= 0.3 is 5.91 Å². The molecule has 2 aromatic heterocycles. The number of thiazole rings is 1. The lowest BCUT2D eigenvalue weighted by Gasteiger charge is -2.25. The summed E-state index contributed by atoms with van der Waals surface area (Å²) in [5.41, 5.74) is 6.33. The molecule has 28 heavy (non-hydrogen) atoms. The fourth-order valence-corrected chi connectivity index (χ4v) is 4.13. The van der Waals surface area contributed by atoms with Crippen LogP contribution in [0.25, 0.3) is 11.0 Å². The number of furan rings is 1. The first-order chi connectivity index (χ1) is 13.5. The van der Waals surface area contributed by atoms with Crippen molar-refractivity contribution in [3.05, 3.63) is 45.1 Å². The highest BCUT2D eigenvalue weighted by molar-refractivity contribution is 9.10. The molecule has 8 nitrogen and oxygen atoms in total. The molecule has 1 fully saturated rings. The molecule has 10 heteroatoms. The lowest BCUT2D eigenvalue weighted by Crippen LogP contribution is -2.42. The van der Waals surface area contributed by atoms with Crippen LogP contribution in [0.1, 0.15) is 26.6 Å². The summed E-state index contributed by atoms with van der Waals surface area (Å²) in [4.78, 5) is 31.2. The van der Waals surface area contributed by atoms with Crippen molar-refractivity contribution in [3.63, 3.8) is 0 Å². The number of carbonyl (C=O) groups excluding carboxylic acids is 2. The van der Waals surface area contributed by atoms with Gasteiger partial charge in [0.15, 0.2) is 10.9 Å². The molecule has 1 aromatic carbocycles. The van der Waals surface area contributed by atoms with Gasteiger partial charge in [0.2, 0.25) is 0 Å². The minimum Gasteiger partial charge on any atom is -0.451 e. The summed E-state index contributed by atoms with van der Waals surface area (Å²) in [5, 5.41) is 3.26. The highest BCUT2D eigenvalue weighted by Gasteiger charge is 2.20. The zero-order valence-electron chi connectivity index (χ0n) is 15.0. The van der Waals surface area contributed by atoms with Crippen LogP contribution in [0.4, 0.5) is 5.13 Å². The van der Waals surface area contributed by atoms with Gasteiger partial charge in [0.1, 0.15) is 11.3 Å². The topological polar surface area (TPSA) is 96.7 Å². The van der Waals surface area contributed by atoms with Gasteiger partial charge in [-0.2, -0.15) is 0 Å². The molecule has 146 valence electrons. The van der Waals surface area contributed by atoms with E-state index in [2.05, 4.69) is 36.7 Å². The fourth-order valence-electron chi connectivity index (χ4n) is 2.91. The Hall–Kier alpha value is -2.43. The zero-order valence-corrected chi connectivity index (χ0v) is 17.4. The third kappa shape index (κ3) is 3.75. The largest absolute Gasteiger partial charge is 0.451 e. The van der Waals surface area contributed by atoms with E-state index < -0.39 is 11.8 Å². The number of morpholine rings is 1. The Morgan fingerprint density at radius 1 is 1.21 bits per heavy atom. The van der Waals surface area contributed by atoms with Crippen LogP contribution in [0.5, 0.6) is 0 Å². The number of ether oxygens (including phenoxy) is 1. The number of anilines is 1. The van der Waals surface area contributed by atoms with Gasteiger partial charge in [-0.3, -0.25) is 20.4 Å². The van der Waals surface area contributed by atoms with Crippen molar-refractivity contribution in [1.82, 2.24) is 15.8 Å². The Balaban J connectivity index is 1.41. The Bertz CT molecular complexity index is 1040. The Morgan fingerprint density at radius 3 is 2.75 bits per heavy atom. The van der Waals surface area contributed by atoms with E-state index in [-0.39, 0.29) is 11.5 Å². The number of nitrogens with zero attached hydrogens (tertiary/aromatic N) is 2. The quantitative estimate of drug-likeness (QED) is 0.578. The minimum atomic E-state index is -0.526. The fraction of sp³-hybridized carbons (Fsp3) is 0.278. The average molecular weight is 465 g/mol. The summed E-state index contributed by atoms with van der Waals surface area (Å²) >= 11 is 4.79. The first-order valence-corrected chi connectivity index (χ1v) is 10.3. The molecule has 0 saturated carbocycles. The summed E-state index contributed by atoms with van der Waals surface area (Å²) in [5.74, 6) is -0.858. The molecule has 1 saturated heterocycles. The molecule has 0 aliphatic carbocycles. The van der Waals surface area contributed by atoms with Gasteiger partial charge in [-0.05, 0) is 25.1 Å². The molecule has 2 amide bonds. The zero-order chi connectivity index (χ0) is 19.7. The number of aromatic nitrogens is 1. The number of fused-ring (bicyclic) bond motifs is 1. The van der Waals surface area contributed by atoms with Crippen molar-refractivity contribution < 1.29 is 18.7 Å². The van der Waals surface area contributed by atoms with E-state index in [1.54, 1.807) is 18.4 Å². The summed E-state index contributed by atoms with van der Waals surface area (Å²) in [6.45, 7) is 4.57. The SMILES string of the molecule is Cc1c(C(=O)NNC(=O)c2csc(N3CCOCC3)n2)oc2ccc(Br)cc12. The predicted molar refractivity (Wildman–Crippen MR) is 109 cm³/mol. The number of nitrogens with one attached hydrogen (secondary N) is 2. The van der Waals surface area contributed by atoms with Crippen LogP contribution in [0.2, 0.25) is 0 Å². The Morgan fingerprint density at radius 2 is 1.96 bits per heavy atom. The molecule has 0 atom stereocenters. The van der Waals surface area contributed by atoms with Gasteiger partial charge in [-0.25, -0.2) is 4.98 Å². The second-order valence-electron chi connectivity index (χ2n) is 6.22. The van der Waals surface area contributed by atoms with E-state index in [1.807, 2.05) is 12.1 Å². The molecule has 4 rings (SSSR count). The van der Waals surface area contributed by atoms with Crippen LogP contribution in [-0.2, 0) is 4.74 Å². The average Bonchev–Trinajstić information content (AvgIpc) is 3.32. The van der Waals surface area contributed by atoms with Gasteiger partial charge in [0, 0.05) is 33.9 Å². The normalized spacial score (nSPS) is 14.3. The van der Waals surface area contributed by atoms with Crippen molar-refractivity contribution in [1.29, 1.82) is 0 Å². The van der Waals surface area contributed by atoms with E-state index in [4.69, 9.17) is 9.15 Å². The van der Waals surface area contributed by atoms with E-state index in [9.17, 15) is 9.59 Å². The molecular formula is C18H17BrN4O4S. The summed E-state index contributed by atoms with van der Waals surface area (Å²) in [7, 11) is 0. The van der Waals surface area contributed by atoms with Crippen molar-refractivity contribution in [2.75, 3.05) is 31.2 Å². The third-order valence-electron chi connectivity index (χ3n) is 4.40. The highest BCUT2D eigenvalue weighted by atomic mass is 79.9. The summed E-state index contributed by atoms with van der Waals surface area (Å²) in [6, 6.07) is 5.50. The number of benzene rings is 1. The van der Waals surface area contributed by atoms with Gasteiger partial charge in [-0.15, -0.1) is 11.3 Å². The van der Waals surface area contributed by atoms with Gasteiger partial charge in [-0.1, -0.05) is 15.9 Å². The number of hydrazine groups is 1. The summed E-state index contributed by atoms with van der Waals surface area (Å²) in [6.07, 6.45) is 0. The van der Waals surface area contributed by atoms with Gasteiger partial charge < -0.3 is 14.1 Å². The predicted octanol–water partition coefficient (Wildman–Crippen LogP) is 2.87. The van der Waals surface area contributed by atoms with Crippen molar-refractivity contribution >= 4 is 55.2 Å². The number of hydrogen-bond donors (Lipinski definition) is 2. The van der Waals surface area contributed by atoms with Crippen LogP contribution >= 0.6 is 27.3 Å². The molecule has 0 unspecified atom stereocenters. The monoisotopic (exact) mass is 464 g/mol. The Labute approximate surface area is 173 Å².